The molecule has 0 fully saturated rings. The molecule has 0 bridgehead atoms. The largest absolute Gasteiger partial charge is 0.270 e. The van der Waals surface area contributed by atoms with Crippen molar-refractivity contribution in [3.05, 3.63) is 59.7 Å². The van der Waals surface area contributed by atoms with Crippen LogP contribution in [0.25, 0.3) is 17.1 Å². The Morgan fingerprint density at radius 2 is 1.97 bits per heavy atom. The van der Waals surface area contributed by atoms with Crippen LogP contribution in [0.4, 0.5) is 0 Å². The van der Waals surface area contributed by atoms with Gasteiger partial charge in [-0.1, -0.05) is 42.8 Å². The second-order valence-electron chi connectivity index (χ2n) is 7.13. The van der Waals surface area contributed by atoms with Gasteiger partial charge in [-0.3, -0.25) is 9.55 Å². The molecule has 3 aromatic heterocycles. The number of tetrazole rings is 1. The number of pyridine rings is 1. The van der Waals surface area contributed by atoms with E-state index in [1.807, 2.05) is 23.0 Å². The molecule has 0 radical (unpaired) electrons. The minimum Gasteiger partial charge on any atom is -0.270 e. The lowest BCUT2D eigenvalue weighted by atomic mass is 10.1. The molecule has 0 saturated heterocycles. The summed E-state index contributed by atoms with van der Waals surface area (Å²) in [5, 5.41) is 21.9. The van der Waals surface area contributed by atoms with E-state index >= 15 is 0 Å². The van der Waals surface area contributed by atoms with Crippen molar-refractivity contribution in [2.24, 2.45) is 0 Å². The maximum Gasteiger partial charge on any atom is 0.196 e. The summed E-state index contributed by atoms with van der Waals surface area (Å²) in [5.74, 6) is 2.22. The fourth-order valence-corrected chi connectivity index (χ4v) is 4.13. The number of unbranched alkanes of at least 4 members (excludes halogenated alkanes) is 1. The van der Waals surface area contributed by atoms with Gasteiger partial charge < -0.3 is 0 Å². The van der Waals surface area contributed by atoms with E-state index in [4.69, 9.17) is 0 Å². The zero-order chi connectivity index (χ0) is 20.9. The van der Waals surface area contributed by atoms with Gasteiger partial charge in [0.2, 0.25) is 0 Å². The maximum absolute atomic E-state index is 4.49. The number of thioether (sulfide) groups is 1. The minimum atomic E-state index is 0.618. The number of aromatic nitrogens is 8. The van der Waals surface area contributed by atoms with Gasteiger partial charge in [0.15, 0.2) is 16.8 Å². The lowest BCUT2D eigenvalue weighted by Gasteiger charge is -2.13. The summed E-state index contributed by atoms with van der Waals surface area (Å²) in [7, 11) is 0. The molecule has 154 valence electrons. The van der Waals surface area contributed by atoms with Crippen LogP contribution in [-0.4, -0.2) is 40.0 Å². The van der Waals surface area contributed by atoms with Crippen molar-refractivity contribution in [3.8, 4) is 17.1 Å². The highest BCUT2D eigenvalue weighted by atomic mass is 32.2. The molecule has 0 amide bonds. The van der Waals surface area contributed by atoms with Crippen molar-refractivity contribution in [1.29, 1.82) is 0 Å². The molecule has 3 heterocycles. The molecule has 4 aromatic rings. The molecule has 0 N–H and O–H groups in total. The molecule has 0 aliphatic rings. The van der Waals surface area contributed by atoms with E-state index in [2.05, 4.69) is 74.2 Å². The quantitative estimate of drug-likeness (QED) is 0.398. The number of nitrogens with zero attached hydrogens (tertiary/aromatic N) is 8. The molecular formula is C21H24N8S. The molecular weight excluding hydrogens is 396 g/mol. The van der Waals surface area contributed by atoms with Crippen LogP contribution in [-0.2, 0) is 12.3 Å². The van der Waals surface area contributed by atoms with E-state index < -0.39 is 0 Å². The summed E-state index contributed by atoms with van der Waals surface area (Å²) in [4.78, 5) is 4.25. The predicted molar refractivity (Wildman–Crippen MR) is 116 cm³/mol. The number of aryl methyl sites for hydroxylation is 3. The van der Waals surface area contributed by atoms with Gasteiger partial charge in [0.1, 0.15) is 0 Å². The zero-order valence-electron chi connectivity index (χ0n) is 17.4. The van der Waals surface area contributed by atoms with Gasteiger partial charge in [-0.25, -0.2) is 4.68 Å². The Balaban J connectivity index is 1.70. The number of hydrogen-bond acceptors (Lipinski definition) is 7. The van der Waals surface area contributed by atoms with Crippen molar-refractivity contribution in [2.75, 3.05) is 0 Å². The Kier molecular flexibility index (Phi) is 6.18. The SMILES string of the molecule is CCCCn1nnnc1CSc1nnc(-c2cccnc2)n1-c1ccc(C)cc1C. The number of benzene rings is 1. The van der Waals surface area contributed by atoms with Crippen molar-refractivity contribution >= 4 is 11.8 Å². The lowest BCUT2D eigenvalue weighted by Crippen LogP contribution is -2.06. The molecule has 0 atom stereocenters. The lowest BCUT2D eigenvalue weighted by molar-refractivity contribution is 0.540. The topological polar surface area (TPSA) is 87.2 Å². The van der Waals surface area contributed by atoms with E-state index in [9.17, 15) is 0 Å². The summed E-state index contributed by atoms with van der Waals surface area (Å²) >= 11 is 1.58. The van der Waals surface area contributed by atoms with Gasteiger partial charge in [0.25, 0.3) is 0 Å². The molecule has 4 rings (SSSR count). The smallest absolute Gasteiger partial charge is 0.196 e. The average Bonchev–Trinajstić information content (AvgIpc) is 3.38. The third-order valence-corrected chi connectivity index (χ3v) is 5.73. The van der Waals surface area contributed by atoms with Crippen LogP contribution in [0.3, 0.4) is 0 Å². The molecule has 0 aliphatic carbocycles. The molecule has 30 heavy (non-hydrogen) atoms. The normalized spacial score (nSPS) is 11.2. The summed E-state index contributed by atoms with van der Waals surface area (Å²) in [6.45, 7) is 7.18. The first-order valence-electron chi connectivity index (χ1n) is 9.98. The molecule has 0 unspecified atom stereocenters. The van der Waals surface area contributed by atoms with Crippen LogP contribution in [0.15, 0.2) is 47.9 Å². The number of hydrogen-bond donors (Lipinski definition) is 0. The summed E-state index contributed by atoms with van der Waals surface area (Å²) in [5.41, 5.74) is 4.35. The fraction of sp³-hybridized carbons (Fsp3) is 0.333. The van der Waals surface area contributed by atoms with Crippen LogP contribution in [0, 0.1) is 13.8 Å². The minimum absolute atomic E-state index is 0.618. The Hall–Kier alpha value is -3.07. The Bertz CT molecular complexity index is 1120. The maximum atomic E-state index is 4.49. The van der Waals surface area contributed by atoms with Crippen molar-refractivity contribution < 1.29 is 0 Å². The van der Waals surface area contributed by atoms with Gasteiger partial charge >= 0.3 is 0 Å². The first-order chi connectivity index (χ1) is 14.7. The Morgan fingerprint density at radius 1 is 1.07 bits per heavy atom. The van der Waals surface area contributed by atoms with Crippen LogP contribution < -0.4 is 0 Å². The van der Waals surface area contributed by atoms with Crippen molar-refractivity contribution in [1.82, 2.24) is 40.0 Å². The van der Waals surface area contributed by atoms with Gasteiger partial charge in [0, 0.05) is 24.5 Å². The van der Waals surface area contributed by atoms with Crippen molar-refractivity contribution in [2.45, 2.75) is 51.1 Å². The van der Waals surface area contributed by atoms with Gasteiger partial charge in [0.05, 0.1) is 11.4 Å². The molecule has 0 aliphatic heterocycles. The Morgan fingerprint density at radius 3 is 2.73 bits per heavy atom. The zero-order valence-corrected chi connectivity index (χ0v) is 18.2. The second-order valence-corrected chi connectivity index (χ2v) is 8.08. The molecule has 0 spiro atoms. The van der Waals surface area contributed by atoms with Crippen molar-refractivity contribution in [3.63, 3.8) is 0 Å². The van der Waals surface area contributed by atoms with E-state index in [0.717, 1.165) is 53.0 Å². The summed E-state index contributed by atoms with van der Waals surface area (Å²) in [6.07, 6.45) is 5.71. The van der Waals surface area contributed by atoms with Crippen LogP contribution >= 0.6 is 11.8 Å². The first-order valence-corrected chi connectivity index (χ1v) is 11.0. The summed E-state index contributed by atoms with van der Waals surface area (Å²) in [6, 6.07) is 10.3. The highest BCUT2D eigenvalue weighted by Crippen LogP contribution is 2.30. The van der Waals surface area contributed by atoms with Crippen LogP contribution in [0.1, 0.15) is 36.7 Å². The predicted octanol–water partition coefficient (Wildman–Crippen LogP) is 4.03. The fourth-order valence-electron chi connectivity index (χ4n) is 3.26. The Labute approximate surface area is 179 Å². The molecule has 1 aromatic carbocycles. The third kappa shape index (κ3) is 4.25. The van der Waals surface area contributed by atoms with Gasteiger partial charge in [-0.05, 0) is 54.5 Å². The third-order valence-electron chi connectivity index (χ3n) is 4.81. The highest BCUT2D eigenvalue weighted by molar-refractivity contribution is 7.98. The standard InChI is InChI=1S/C21H24N8S/c1-4-5-11-28-19(23-26-27-28)14-30-21-25-24-20(17-7-6-10-22-13-17)29(21)18-9-8-15(2)12-16(18)3/h6-10,12-13H,4-5,11,14H2,1-3H3. The van der Waals surface area contributed by atoms with E-state index in [1.165, 1.54) is 5.56 Å². The van der Waals surface area contributed by atoms with Gasteiger partial charge in [-0.15, -0.1) is 15.3 Å². The monoisotopic (exact) mass is 420 g/mol. The first kappa shape index (κ1) is 20.2. The van der Waals surface area contributed by atoms with E-state index in [1.54, 1.807) is 18.0 Å². The summed E-state index contributed by atoms with van der Waals surface area (Å²) < 4.78 is 3.97. The molecule has 0 saturated carbocycles. The number of rotatable bonds is 8. The van der Waals surface area contributed by atoms with E-state index in [0.29, 0.717) is 5.75 Å². The van der Waals surface area contributed by atoms with Crippen LogP contribution in [0.5, 0.6) is 0 Å². The molecule has 8 nitrogen and oxygen atoms in total. The van der Waals surface area contributed by atoms with Crippen LogP contribution in [0.2, 0.25) is 0 Å². The average molecular weight is 421 g/mol. The second kappa shape index (κ2) is 9.17. The van der Waals surface area contributed by atoms with Gasteiger partial charge in [-0.2, -0.15) is 0 Å². The highest BCUT2D eigenvalue weighted by Gasteiger charge is 2.19. The van der Waals surface area contributed by atoms with E-state index in [-0.39, 0.29) is 0 Å². The molecule has 9 heteroatoms.